The van der Waals surface area contributed by atoms with Crippen LogP contribution in [0.2, 0.25) is 0 Å². The van der Waals surface area contributed by atoms with Crippen molar-refractivity contribution >= 4 is 5.96 Å². The Morgan fingerprint density at radius 2 is 1.92 bits per heavy atom. The van der Waals surface area contributed by atoms with Crippen molar-refractivity contribution < 1.29 is 8.78 Å². The molecule has 1 saturated heterocycles. The molecule has 2 N–H and O–H groups in total. The van der Waals surface area contributed by atoms with Gasteiger partial charge in [-0.3, -0.25) is 4.99 Å². The van der Waals surface area contributed by atoms with Gasteiger partial charge >= 0.3 is 0 Å². The second kappa shape index (κ2) is 7.92. The molecule has 1 aliphatic carbocycles. The first kappa shape index (κ1) is 17.1. The third-order valence-electron chi connectivity index (χ3n) is 4.88. The molecule has 132 valence electrons. The number of hydrogen-bond donors (Lipinski definition) is 2. The Labute approximate surface area is 142 Å². The van der Waals surface area contributed by atoms with Gasteiger partial charge in [-0.25, -0.2) is 8.78 Å². The van der Waals surface area contributed by atoms with E-state index in [9.17, 15) is 8.78 Å². The second-order valence-corrected chi connectivity index (χ2v) is 6.63. The quantitative estimate of drug-likeness (QED) is 0.641. The fraction of sp³-hybridized carbons (Fsp3) is 0.611. The number of likely N-dealkylation sites (tertiary alicyclic amines) is 1. The van der Waals surface area contributed by atoms with E-state index in [1.165, 1.54) is 50.6 Å². The van der Waals surface area contributed by atoms with Crippen molar-refractivity contribution in [1.29, 1.82) is 0 Å². The number of piperidine rings is 1. The zero-order valence-electron chi connectivity index (χ0n) is 14.2. The normalized spacial score (nSPS) is 24.7. The van der Waals surface area contributed by atoms with Gasteiger partial charge in [0.1, 0.15) is 11.6 Å². The Balaban J connectivity index is 1.45. The maximum absolute atomic E-state index is 13.8. The van der Waals surface area contributed by atoms with Gasteiger partial charge in [-0.05, 0) is 44.5 Å². The number of benzene rings is 1. The van der Waals surface area contributed by atoms with E-state index in [1.54, 1.807) is 7.05 Å². The second-order valence-electron chi connectivity index (χ2n) is 6.63. The highest BCUT2D eigenvalue weighted by molar-refractivity contribution is 5.80. The molecule has 2 fully saturated rings. The van der Waals surface area contributed by atoms with Crippen LogP contribution in [0.4, 0.5) is 8.78 Å². The van der Waals surface area contributed by atoms with Crippen molar-refractivity contribution in [3.63, 3.8) is 0 Å². The molecule has 0 radical (unpaired) electrons. The molecule has 1 aromatic rings. The molecule has 1 aromatic carbocycles. The monoisotopic (exact) mass is 336 g/mol. The van der Waals surface area contributed by atoms with Crippen LogP contribution in [0.1, 0.15) is 37.2 Å². The summed E-state index contributed by atoms with van der Waals surface area (Å²) in [6.45, 7) is 4.16. The standard InChI is InChI=1S/C18H26F2N4/c1-21-18(22-8-11-24-9-3-2-4-10-24)23-16-12-13(16)17-14(19)6-5-7-15(17)20/h5-7,13,16H,2-4,8-12H2,1H3,(H2,21,22,23). The van der Waals surface area contributed by atoms with E-state index >= 15 is 0 Å². The minimum Gasteiger partial charge on any atom is -0.355 e. The van der Waals surface area contributed by atoms with Gasteiger partial charge in [0.15, 0.2) is 5.96 Å². The summed E-state index contributed by atoms with van der Waals surface area (Å²) in [4.78, 5) is 6.67. The first-order chi connectivity index (χ1) is 11.7. The number of aliphatic imine (C=N–C) groups is 1. The maximum atomic E-state index is 13.8. The van der Waals surface area contributed by atoms with Gasteiger partial charge in [-0.15, -0.1) is 0 Å². The lowest BCUT2D eigenvalue weighted by Gasteiger charge is -2.26. The van der Waals surface area contributed by atoms with Gasteiger partial charge in [0.25, 0.3) is 0 Å². The smallest absolute Gasteiger partial charge is 0.191 e. The molecule has 2 aliphatic rings. The van der Waals surface area contributed by atoms with Crippen molar-refractivity contribution in [1.82, 2.24) is 15.5 Å². The summed E-state index contributed by atoms with van der Waals surface area (Å²) in [7, 11) is 1.72. The van der Waals surface area contributed by atoms with Crippen molar-refractivity contribution in [2.24, 2.45) is 4.99 Å². The first-order valence-electron chi connectivity index (χ1n) is 8.82. The average molecular weight is 336 g/mol. The van der Waals surface area contributed by atoms with Gasteiger partial charge in [-0.1, -0.05) is 12.5 Å². The van der Waals surface area contributed by atoms with Crippen molar-refractivity contribution in [3.05, 3.63) is 35.4 Å². The molecule has 0 amide bonds. The average Bonchev–Trinajstić information content (AvgIpc) is 3.33. The van der Waals surface area contributed by atoms with Crippen molar-refractivity contribution in [2.75, 3.05) is 33.2 Å². The summed E-state index contributed by atoms with van der Waals surface area (Å²) in [6, 6.07) is 4.08. The van der Waals surface area contributed by atoms with E-state index in [-0.39, 0.29) is 17.5 Å². The summed E-state index contributed by atoms with van der Waals surface area (Å²) >= 11 is 0. The van der Waals surface area contributed by atoms with E-state index in [0.717, 1.165) is 19.5 Å². The van der Waals surface area contributed by atoms with Gasteiger partial charge in [0, 0.05) is 37.7 Å². The van der Waals surface area contributed by atoms with Crippen molar-refractivity contribution in [3.8, 4) is 0 Å². The van der Waals surface area contributed by atoms with Crippen LogP contribution in [0, 0.1) is 11.6 Å². The fourth-order valence-corrected chi connectivity index (χ4v) is 3.42. The number of guanidine groups is 1. The van der Waals surface area contributed by atoms with E-state index < -0.39 is 11.6 Å². The molecule has 1 aliphatic heterocycles. The Morgan fingerprint density at radius 3 is 2.58 bits per heavy atom. The molecule has 0 aromatic heterocycles. The zero-order valence-corrected chi connectivity index (χ0v) is 14.2. The van der Waals surface area contributed by atoms with Gasteiger partial charge in [-0.2, -0.15) is 0 Å². The van der Waals surface area contributed by atoms with E-state index in [4.69, 9.17) is 0 Å². The van der Waals surface area contributed by atoms with Crippen molar-refractivity contribution in [2.45, 2.75) is 37.6 Å². The summed E-state index contributed by atoms with van der Waals surface area (Å²) in [6.07, 6.45) is 4.63. The molecule has 24 heavy (non-hydrogen) atoms. The zero-order chi connectivity index (χ0) is 16.9. The van der Waals surface area contributed by atoms with E-state index in [2.05, 4.69) is 20.5 Å². The highest BCUT2D eigenvalue weighted by Gasteiger charge is 2.42. The summed E-state index contributed by atoms with van der Waals surface area (Å²) in [5.41, 5.74) is 0.193. The molecule has 2 atom stereocenters. The first-order valence-corrected chi connectivity index (χ1v) is 8.82. The minimum absolute atomic E-state index is 0.0394. The number of halogens is 2. The Morgan fingerprint density at radius 1 is 1.21 bits per heavy atom. The predicted molar refractivity (Wildman–Crippen MR) is 92.3 cm³/mol. The minimum atomic E-state index is -0.461. The van der Waals surface area contributed by atoms with E-state index in [1.807, 2.05) is 0 Å². The van der Waals surface area contributed by atoms with E-state index in [0.29, 0.717) is 5.96 Å². The fourth-order valence-electron chi connectivity index (χ4n) is 3.42. The molecule has 4 nitrogen and oxygen atoms in total. The number of rotatable bonds is 5. The maximum Gasteiger partial charge on any atom is 0.191 e. The topological polar surface area (TPSA) is 39.7 Å². The molecule has 0 spiro atoms. The highest BCUT2D eigenvalue weighted by Crippen LogP contribution is 2.42. The molecule has 3 rings (SSSR count). The Bertz CT molecular complexity index is 564. The number of nitrogens with zero attached hydrogens (tertiary/aromatic N) is 2. The Kier molecular flexibility index (Phi) is 5.66. The highest BCUT2D eigenvalue weighted by atomic mass is 19.1. The van der Waals surface area contributed by atoms with Crippen LogP contribution >= 0.6 is 0 Å². The van der Waals surface area contributed by atoms with Gasteiger partial charge in [0.05, 0.1) is 0 Å². The molecule has 1 heterocycles. The van der Waals surface area contributed by atoms with Crippen LogP contribution in [0.5, 0.6) is 0 Å². The molecule has 0 bridgehead atoms. The van der Waals surface area contributed by atoms with Crippen LogP contribution in [0.3, 0.4) is 0 Å². The molecule has 1 saturated carbocycles. The third-order valence-corrected chi connectivity index (χ3v) is 4.88. The largest absolute Gasteiger partial charge is 0.355 e. The van der Waals surface area contributed by atoms with Crippen LogP contribution < -0.4 is 10.6 Å². The summed E-state index contributed by atoms with van der Waals surface area (Å²) < 4.78 is 27.6. The molecular formula is C18H26F2N4. The lowest BCUT2D eigenvalue weighted by molar-refractivity contribution is 0.232. The lowest BCUT2D eigenvalue weighted by Crippen LogP contribution is -2.43. The molecule has 6 heteroatoms. The SMILES string of the molecule is CN=C(NCCN1CCCCC1)NC1CC1c1c(F)cccc1F. The Hall–Kier alpha value is -1.69. The van der Waals surface area contributed by atoms with Crippen LogP contribution in [0.15, 0.2) is 23.2 Å². The lowest BCUT2D eigenvalue weighted by atomic mass is 10.1. The van der Waals surface area contributed by atoms with Crippen LogP contribution in [-0.2, 0) is 0 Å². The number of hydrogen-bond acceptors (Lipinski definition) is 2. The molecule has 2 unspecified atom stereocenters. The summed E-state index contributed by atoms with van der Waals surface area (Å²) in [5.74, 6) is -0.335. The van der Waals surface area contributed by atoms with Gasteiger partial charge < -0.3 is 15.5 Å². The van der Waals surface area contributed by atoms with Gasteiger partial charge in [0.2, 0.25) is 0 Å². The molecular weight excluding hydrogens is 310 g/mol. The van der Waals surface area contributed by atoms with Crippen LogP contribution in [-0.4, -0.2) is 50.1 Å². The predicted octanol–water partition coefficient (Wildman–Crippen LogP) is 2.47. The summed E-state index contributed by atoms with van der Waals surface area (Å²) in [5, 5.41) is 6.57. The number of nitrogens with one attached hydrogen (secondary N) is 2. The van der Waals surface area contributed by atoms with Crippen LogP contribution in [0.25, 0.3) is 0 Å². The third kappa shape index (κ3) is 4.23.